The minimum atomic E-state index is -0.0591. The standard InChI is InChI=1S/C17H13N3OS2/c21-16(18-11-13-4-3-9-22-13)12-5-6-14-15(10-12)23-17(19-14)20-7-1-2-8-20/h1-10H,11H2,(H,18,21). The van der Waals surface area contributed by atoms with Crippen LogP contribution in [0.3, 0.4) is 0 Å². The zero-order valence-corrected chi connectivity index (χ0v) is 13.7. The summed E-state index contributed by atoms with van der Waals surface area (Å²) in [6, 6.07) is 13.6. The third-order valence-corrected chi connectivity index (χ3v) is 5.38. The third-order valence-electron chi connectivity index (χ3n) is 3.47. The molecule has 0 saturated heterocycles. The molecule has 0 atom stereocenters. The van der Waals surface area contributed by atoms with Gasteiger partial charge in [-0.3, -0.25) is 4.79 Å². The Kier molecular flexibility index (Phi) is 3.69. The highest BCUT2D eigenvalue weighted by molar-refractivity contribution is 7.20. The van der Waals surface area contributed by atoms with E-state index in [0.717, 1.165) is 20.2 Å². The van der Waals surface area contributed by atoms with Gasteiger partial charge >= 0.3 is 0 Å². The Bertz CT molecular complexity index is 940. The van der Waals surface area contributed by atoms with E-state index < -0.39 is 0 Å². The van der Waals surface area contributed by atoms with Gasteiger partial charge in [-0.2, -0.15) is 0 Å². The average molecular weight is 339 g/mol. The summed E-state index contributed by atoms with van der Waals surface area (Å²) >= 11 is 3.22. The number of thiazole rings is 1. The topological polar surface area (TPSA) is 46.9 Å². The van der Waals surface area contributed by atoms with E-state index in [2.05, 4.69) is 10.3 Å². The van der Waals surface area contributed by atoms with Gasteiger partial charge in [-0.1, -0.05) is 17.4 Å². The number of hydrogen-bond acceptors (Lipinski definition) is 4. The Hall–Kier alpha value is -2.44. The van der Waals surface area contributed by atoms with Crippen molar-refractivity contribution in [2.45, 2.75) is 6.54 Å². The van der Waals surface area contributed by atoms with Crippen LogP contribution < -0.4 is 5.32 Å². The van der Waals surface area contributed by atoms with E-state index >= 15 is 0 Å². The summed E-state index contributed by atoms with van der Waals surface area (Å²) in [6.07, 6.45) is 3.93. The minimum Gasteiger partial charge on any atom is -0.347 e. The number of hydrogen-bond donors (Lipinski definition) is 1. The highest BCUT2D eigenvalue weighted by Crippen LogP contribution is 2.26. The fourth-order valence-corrected chi connectivity index (χ4v) is 3.93. The van der Waals surface area contributed by atoms with E-state index in [9.17, 15) is 4.79 Å². The molecule has 23 heavy (non-hydrogen) atoms. The lowest BCUT2D eigenvalue weighted by Gasteiger charge is -2.03. The molecule has 3 aromatic heterocycles. The van der Waals surface area contributed by atoms with Crippen molar-refractivity contribution < 1.29 is 4.79 Å². The lowest BCUT2D eigenvalue weighted by atomic mass is 10.2. The zero-order valence-electron chi connectivity index (χ0n) is 12.1. The van der Waals surface area contributed by atoms with Crippen molar-refractivity contribution in [3.8, 4) is 5.13 Å². The maximum atomic E-state index is 12.3. The monoisotopic (exact) mass is 339 g/mol. The van der Waals surface area contributed by atoms with Gasteiger partial charge in [0, 0.05) is 22.8 Å². The first-order valence-corrected chi connectivity index (χ1v) is 8.84. The molecular formula is C17H13N3OS2. The average Bonchev–Trinajstić information content (AvgIpc) is 3.32. The molecule has 0 aliphatic heterocycles. The van der Waals surface area contributed by atoms with E-state index in [1.165, 1.54) is 0 Å². The van der Waals surface area contributed by atoms with Gasteiger partial charge in [0.2, 0.25) is 0 Å². The van der Waals surface area contributed by atoms with Crippen molar-refractivity contribution in [3.63, 3.8) is 0 Å². The molecular weight excluding hydrogens is 326 g/mol. The fourth-order valence-electron chi connectivity index (χ4n) is 2.31. The van der Waals surface area contributed by atoms with Crippen LogP contribution in [0.25, 0.3) is 15.3 Å². The molecule has 4 rings (SSSR count). The normalized spacial score (nSPS) is 11.0. The number of rotatable bonds is 4. The van der Waals surface area contributed by atoms with Gasteiger partial charge in [-0.15, -0.1) is 11.3 Å². The zero-order chi connectivity index (χ0) is 15.6. The highest BCUT2D eigenvalue weighted by Gasteiger charge is 2.10. The molecule has 0 unspecified atom stereocenters. The lowest BCUT2D eigenvalue weighted by molar-refractivity contribution is 0.0951. The quantitative estimate of drug-likeness (QED) is 0.609. The summed E-state index contributed by atoms with van der Waals surface area (Å²) in [4.78, 5) is 18.0. The number of nitrogens with one attached hydrogen (secondary N) is 1. The summed E-state index contributed by atoms with van der Waals surface area (Å²) < 4.78 is 2.98. The van der Waals surface area contributed by atoms with Gasteiger partial charge in [0.25, 0.3) is 5.91 Å². The van der Waals surface area contributed by atoms with Crippen LogP contribution in [0.2, 0.25) is 0 Å². The van der Waals surface area contributed by atoms with Gasteiger partial charge in [-0.05, 0) is 41.8 Å². The van der Waals surface area contributed by atoms with E-state index in [1.807, 2.05) is 64.8 Å². The SMILES string of the molecule is O=C(NCc1cccs1)c1ccc2nc(-n3cccc3)sc2c1. The maximum absolute atomic E-state index is 12.3. The second-order valence-corrected chi connectivity index (χ2v) is 7.07. The van der Waals surface area contributed by atoms with Crippen LogP contribution in [-0.2, 0) is 6.54 Å². The summed E-state index contributed by atoms with van der Waals surface area (Å²) in [6.45, 7) is 0.561. The Morgan fingerprint density at radius 2 is 2.04 bits per heavy atom. The third kappa shape index (κ3) is 2.91. The van der Waals surface area contributed by atoms with Crippen LogP contribution in [0, 0.1) is 0 Å². The van der Waals surface area contributed by atoms with Gasteiger partial charge in [0.05, 0.1) is 16.8 Å². The van der Waals surface area contributed by atoms with Crippen molar-refractivity contribution in [1.82, 2.24) is 14.9 Å². The van der Waals surface area contributed by atoms with Crippen LogP contribution >= 0.6 is 22.7 Å². The summed E-state index contributed by atoms with van der Waals surface area (Å²) in [5, 5.41) is 5.86. The number of carbonyl (C=O) groups is 1. The number of nitrogens with zero attached hydrogens (tertiary/aromatic N) is 2. The van der Waals surface area contributed by atoms with Crippen molar-refractivity contribution in [2.75, 3.05) is 0 Å². The molecule has 0 fully saturated rings. The number of amides is 1. The van der Waals surface area contributed by atoms with Gasteiger partial charge in [0.1, 0.15) is 0 Å². The molecule has 3 heterocycles. The Morgan fingerprint density at radius 1 is 1.17 bits per heavy atom. The molecule has 1 aromatic carbocycles. The Morgan fingerprint density at radius 3 is 2.83 bits per heavy atom. The smallest absolute Gasteiger partial charge is 0.251 e. The molecule has 0 spiro atoms. The van der Waals surface area contributed by atoms with Gasteiger partial charge < -0.3 is 9.88 Å². The van der Waals surface area contributed by atoms with Gasteiger partial charge in [0.15, 0.2) is 5.13 Å². The first-order chi connectivity index (χ1) is 11.3. The second-order valence-electron chi connectivity index (χ2n) is 5.03. The van der Waals surface area contributed by atoms with Gasteiger partial charge in [-0.25, -0.2) is 4.98 Å². The molecule has 4 aromatic rings. The lowest BCUT2D eigenvalue weighted by Crippen LogP contribution is -2.22. The molecule has 0 aliphatic rings. The molecule has 0 radical (unpaired) electrons. The van der Waals surface area contributed by atoms with E-state index in [0.29, 0.717) is 12.1 Å². The number of aromatic nitrogens is 2. The molecule has 1 N–H and O–H groups in total. The molecule has 0 bridgehead atoms. The van der Waals surface area contributed by atoms with Crippen LogP contribution in [0.1, 0.15) is 15.2 Å². The number of thiophene rings is 1. The predicted molar refractivity (Wildman–Crippen MR) is 94.4 cm³/mol. The van der Waals surface area contributed by atoms with Crippen molar-refractivity contribution in [1.29, 1.82) is 0 Å². The number of fused-ring (bicyclic) bond motifs is 1. The van der Waals surface area contributed by atoms with Crippen LogP contribution in [0.5, 0.6) is 0 Å². The van der Waals surface area contributed by atoms with Crippen molar-refractivity contribution in [3.05, 3.63) is 70.7 Å². The van der Waals surface area contributed by atoms with Crippen LogP contribution in [0.15, 0.2) is 60.2 Å². The minimum absolute atomic E-state index is 0.0591. The van der Waals surface area contributed by atoms with E-state index in [1.54, 1.807) is 22.7 Å². The first kappa shape index (κ1) is 14.2. The van der Waals surface area contributed by atoms with E-state index in [4.69, 9.17) is 0 Å². The summed E-state index contributed by atoms with van der Waals surface area (Å²) in [7, 11) is 0. The summed E-state index contributed by atoms with van der Waals surface area (Å²) in [5.74, 6) is -0.0591. The molecule has 0 saturated carbocycles. The largest absolute Gasteiger partial charge is 0.347 e. The van der Waals surface area contributed by atoms with Crippen LogP contribution in [-0.4, -0.2) is 15.5 Å². The van der Waals surface area contributed by atoms with Crippen molar-refractivity contribution >= 4 is 38.8 Å². The Labute approximate surface area is 141 Å². The second kappa shape index (κ2) is 5.98. The predicted octanol–water partition coefficient (Wildman–Crippen LogP) is 4.08. The molecule has 114 valence electrons. The Balaban J connectivity index is 1.57. The number of benzene rings is 1. The fraction of sp³-hybridized carbons (Fsp3) is 0.0588. The van der Waals surface area contributed by atoms with E-state index in [-0.39, 0.29) is 5.91 Å². The molecule has 6 heteroatoms. The first-order valence-electron chi connectivity index (χ1n) is 7.14. The highest BCUT2D eigenvalue weighted by atomic mass is 32.1. The summed E-state index contributed by atoms with van der Waals surface area (Å²) in [5.41, 5.74) is 1.57. The molecule has 0 aliphatic carbocycles. The van der Waals surface area contributed by atoms with Crippen LogP contribution in [0.4, 0.5) is 0 Å². The molecule has 4 nitrogen and oxygen atoms in total. The molecule has 1 amide bonds. The van der Waals surface area contributed by atoms with Crippen molar-refractivity contribution in [2.24, 2.45) is 0 Å². The number of carbonyl (C=O) groups excluding carboxylic acids is 1. The maximum Gasteiger partial charge on any atom is 0.251 e.